The van der Waals surface area contributed by atoms with E-state index >= 15 is 0 Å². The molecule has 3 nitrogen and oxygen atoms in total. The molecule has 1 N–H and O–H groups in total. The molecule has 0 radical (unpaired) electrons. The van der Waals surface area contributed by atoms with Gasteiger partial charge in [-0.15, -0.1) is 0 Å². The number of nitrogens with one attached hydrogen (secondary N) is 1. The number of rotatable bonds is 5. The van der Waals surface area contributed by atoms with Gasteiger partial charge in [-0.25, -0.2) is 4.79 Å². The van der Waals surface area contributed by atoms with Crippen LogP contribution in [0.3, 0.4) is 0 Å². The number of carbonyl (C=O) groups is 1. The van der Waals surface area contributed by atoms with E-state index in [1.807, 2.05) is 24.3 Å². The Morgan fingerprint density at radius 2 is 1.61 bits per heavy atom. The molecular weight excluding hydrogens is 487 g/mol. The molecule has 0 spiro atoms. The first-order valence-corrected chi connectivity index (χ1v) is 13.1. The van der Waals surface area contributed by atoms with Gasteiger partial charge in [-0.05, 0) is 107 Å². The summed E-state index contributed by atoms with van der Waals surface area (Å²) in [5, 5.41) is 5.36. The molecule has 0 amide bonds. The van der Waals surface area contributed by atoms with Crippen molar-refractivity contribution in [2.45, 2.75) is 37.9 Å². The van der Waals surface area contributed by atoms with E-state index in [1.54, 1.807) is 13.0 Å². The molecule has 1 saturated heterocycles. The maximum atomic E-state index is 13.0. The van der Waals surface area contributed by atoms with E-state index < -0.39 is 17.7 Å². The van der Waals surface area contributed by atoms with Gasteiger partial charge in [0, 0.05) is 6.04 Å². The van der Waals surface area contributed by atoms with Crippen molar-refractivity contribution in [1.82, 2.24) is 5.32 Å². The van der Waals surface area contributed by atoms with E-state index in [0.717, 1.165) is 46.1 Å². The largest absolute Gasteiger partial charge is 0.462 e. The standard InChI is InChI=1S/C32H28F3NO2/c1-2-38-31(37)24-14-23-13-22(19-7-10-26(11-8-19)32(33,34)35)9-12-28(23)30(16-24)21-5-3-20(4-6-21)29-17-27-15-25(29)18-36-27/h3-14,16,25,27,29,36H,2,15,17-18H2,1H3/t25-,27-,29-/m1/s1. The van der Waals surface area contributed by atoms with Crippen LogP contribution in [0.5, 0.6) is 0 Å². The van der Waals surface area contributed by atoms with Crippen molar-refractivity contribution < 1.29 is 22.7 Å². The molecule has 0 aromatic heterocycles. The summed E-state index contributed by atoms with van der Waals surface area (Å²) in [6, 6.07) is 23.9. The number of fused-ring (bicyclic) bond motifs is 3. The van der Waals surface area contributed by atoms with Crippen LogP contribution in [0.2, 0.25) is 0 Å². The van der Waals surface area contributed by atoms with Crippen LogP contribution in [0.1, 0.15) is 47.2 Å². The van der Waals surface area contributed by atoms with Crippen LogP contribution >= 0.6 is 0 Å². The van der Waals surface area contributed by atoms with Crippen molar-refractivity contribution in [2.75, 3.05) is 13.2 Å². The van der Waals surface area contributed by atoms with Gasteiger partial charge < -0.3 is 10.1 Å². The molecule has 4 aromatic rings. The van der Waals surface area contributed by atoms with E-state index in [1.165, 1.54) is 30.5 Å². The number of halogens is 3. The van der Waals surface area contributed by atoms with E-state index in [9.17, 15) is 18.0 Å². The van der Waals surface area contributed by atoms with Crippen LogP contribution in [0.4, 0.5) is 13.2 Å². The van der Waals surface area contributed by atoms with Gasteiger partial charge in [0.05, 0.1) is 17.7 Å². The summed E-state index contributed by atoms with van der Waals surface area (Å²) in [6.07, 6.45) is -1.95. The quantitative estimate of drug-likeness (QED) is 0.275. The highest BCUT2D eigenvalue weighted by atomic mass is 19.4. The second-order valence-electron chi connectivity index (χ2n) is 10.3. The van der Waals surface area contributed by atoms with E-state index in [4.69, 9.17) is 4.74 Å². The first-order chi connectivity index (χ1) is 18.3. The number of ether oxygens (including phenoxy) is 1. The van der Waals surface area contributed by atoms with Crippen LogP contribution in [0, 0.1) is 5.92 Å². The lowest BCUT2D eigenvalue weighted by Crippen LogP contribution is -2.28. The summed E-state index contributed by atoms with van der Waals surface area (Å²) in [7, 11) is 0. The van der Waals surface area contributed by atoms with Crippen molar-refractivity contribution in [3.8, 4) is 22.3 Å². The van der Waals surface area contributed by atoms with Gasteiger partial charge in [-0.3, -0.25) is 0 Å². The third kappa shape index (κ3) is 4.58. The van der Waals surface area contributed by atoms with Crippen LogP contribution in [-0.4, -0.2) is 25.2 Å². The van der Waals surface area contributed by atoms with Crippen LogP contribution in [-0.2, 0) is 10.9 Å². The molecule has 6 heteroatoms. The van der Waals surface area contributed by atoms with Crippen LogP contribution < -0.4 is 5.32 Å². The first kappa shape index (κ1) is 24.7. The topological polar surface area (TPSA) is 38.3 Å². The molecule has 6 rings (SSSR count). The number of alkyl halides is 3. The summed E-state index contributed by atoms with van der Waals surface area (Å²) in [5.41, 5.74) is 4.50. The summed E-state index contributed by atoms with van der Waals surface area (Å²) < 4.78 is 44.4. The fourth-order valence-electron chi connectivity index (χ4n) is 6.13. The summed E-state index contributed by atoms with van der Waals surface area (Å²) in [6.45, 7) is 3.13. The molecule has 3 atom stereocenters. The smallest absolute Gasteiger partial charge is 0.416 e. The Morgan fingerprint density at radius 1 is 0.895 bits per heavy atom. The molecule has 1 aliphatic carbocycles. The van der Waals surface area contributed by atoms with E-state index in [2.05, 4.69) is 29.6 Å². The molecule has 1 heterocycles. The highest BCUT2D eigenvalue weighted by Gasteiger charge is 2.39. The molecule has 2 aliphatic rings. The lowest BCUT2D eigenvalue weighted by Gasteiger charge is -2.23. The third-order valence-corrected chi connectivity index (χ3v) is 8.02. The fraction of sp³-hybridized carbons (Fsp3) is 0.281. The highest BCUT2D eigenvalue weighted by Crippen LogP contribution is 2.44. The molecule has 2 fully saturated rings. The summed E-state index contributed by atoms with van der Waals surface area (Å²) in [5.74, 6) is 0.883. The summed E-state index contributed by atoms with van der Waals surface area (Å²) in [4.78, 5) is 12.7. The van der Waals surface area contributed by atoms with Crippen molar-refractivity contribution in [3.63, 3.8) is 0 Å². The van der Waals surface area contributed by atoms with Crippen molar-refractivity contribution in [2.24, 2.45) is 5.92 Å². The second kappa shape index (κ2) is 9.59. The number of benzene rings is 4. The SMILES string of the molecule is CCOC(=O)c1cc(-c2ccc([C@H]3C[C@H]4C[C@@H]3CN4)cc2)c2ccc(-c3ccc(C(F)(F)F)cc3)cc2c1. The maximum Gasteiger partial charge on any atom is 0.416 e. The lowest BCUT2D eigenvalue weighted by atomic mass is 9.86. The molecule has 4 aromatic carbocycles. The molecular formula is C32H28F3NO2. The average molecular weight is 516 g/mol. The maximum absolute atomic E-state index is 13.0. The second-order valence-corrected chi connectivity index (χ2v) is 10.3. The minimum Gasteiger partial charge on any atom is -0.462 e. The van der Waals surface area contributed by atoms with E-state index in [-0.39, 0.29) is 6.61 Å². The van der Waals surface area contributed by atoms with E-state index in [0.29, 0.717) is 29.0 Å². The molecule has 38 heavy (non-hydrogen) atoms. The molecule has 194 valence electrons. The van der Waals surface area contributed by atoms with Gasteiger partial charge in [0.2, 0.25) is 0 Å². The van der Waals surface area contributed by atoms with Gasteiger partial charge >= 0.3 is 12.1 Å². The lowest BCUT2D eigenvalue weighted by molar-refractivity contribution is -0.137. The van der Waals surface area contributed by atoms with Crippen LogP contribution in [0.25, 0.3) is 33.0 Å². The molecule has 1 saturated carbocycles. The molecule has 0 unspecified atom stereocenters. The number of hydrogen-bond donors (Lipinski definition) is 1. The number of hydrogen-bond acceptors (Lipinski definition) is 3. The molecule has 1 aliphatic heterocycles. The Balaban J connectivity index is 1.39. The number of carbonyl (C=O) groups excluding carboxylic acids is 1. The monoisotopic (exact) mass is 515 g/mol. The normalized spacial score (nSPS) is 20.7. The minimum atomic E-state index is -4.38. The van der Waals surface area contributed by atoms with Gasteiger partial charge in [-0.1, -0.05) is 48.5 Å². The zero-order chi connectivity index (χ0) is 26.4. The van der Waals surface area contributed by atoms with Gasteiger partial charge in [0.1, 0.15) is 0 Å². The molecule has 2 bridgehead atoms. The predicted octanol–water partition coefficient (Wildman–Crippen LogP) is 7.83. The van der Waals surface area contributed by atoms with Crippen molar-refractivity contribution in [1.29, 1.82) is 0 Å². The van der Waals surface area contributed by atoms with Crippen molar-refractivity contribution in [3.05, 3.63) is 95.6 Å². The Bertz CT molecular complexity index is 1490. The minimum absolute atomic E-state index is 0.269. The van der Waals surface area contributed by atoms with Gasteiger partial charge in [0.25, 0.3) is 0 Å². The van der Waals surface area contributed by atoms with Crippen molar-refractivity contribution >= 4 is 16.7 Å². The Morgan fingerprint density at radius 3 is 2.24 bits per heavy atom. The zero-order valence-corrected chi connectivity index (χ0v) is 21.0. The number of esters is 1. The van der Waals surface area contributed by atoms with Gasteiger partial charge in [-0.2, -0.15) is 13.2 Å². The first-order valence-electron chi connectivity index (χ1n) is 13.1. The Hall–Kier alpha value is -3.64. The fourth-order valence-corrected chi connectivity index (χ4v) is 6.13. The zero-order valence-electron chi connectivity index (χ0n) is 21.0. The summed E-state index contributed by atoms with van der Waals surface area (Å²) >= 11 is 0. The Labute approximate surface area is 219 Å². The van der Waals surface area contributed by atoms with Crippen LogP contribution in [0.15, 0.2) is 78.9 Å². The third-order valence-electron chi connectivity index (χ3n) is 8.02. The predicted molar refractivity (Wildman–Crippen MR) is 143 cm³/mol. The highest BCUT2D eigenvalue weighted by molar-refractivity contribution is 6.04. The number of piperidine rings is 1. The average Bonchev–Trinajstić information content (AvgIpc) is 3.56. The van der Waals surface area contributed by atoms with Gasteiger partial charge in [0.15, 0.2) is 0 Å². The Kier molecular flexibility index (Phi) is 6.23.